The van der Waals surface area contributed by atoms with Crippen LogP contribution in [-0.2, 0) is 32.0 Å². The molecular formula is C33H46N8O5. The van der Waals surface area contributed by atoms with Crippen LogP contribution in [0.25, 0.3) is 0 Å². The second-order valence-corrected chi connectivity index (χ2v) is 10.9. The number of aliphatic imine (C=N–C) groups is 2. The zero-order valence-corrected chi connectivity index (χ0v) is 26.7. The van der Waals surface area contributed by atoms with E-state index in [1.807, 2.05) is 30.3 Å². The Bertz CT molecular complexity index is 1380. The maximum Gasteiger partial charge on any atom is 0.245 e. The smallest absolute Gasteiger partial charge is 0.245 e. The van der Waals surface area contributed by atoms with Gasteiger partial charge < -0.3 is 37.8 Å². The first-order valence-electron chi connectivity index (χ1n) is 15.1. The number of phenols is 1. The van der Waals surface area contributed by atoms with Gasteiger partial charge in [0.15, 0.2) is 11.7 Å². The largest absolute Gasteiger partial charge is 0.508 e. The number of ketones is 1. The summed E-state index contributed by atoms with van der Waals surface area (Å²) in [4.78, 5) is 62.6. The number of benzene rings is 2. The average Bonchev–Trinajstić information content (AvgIpc) is 3.01. The molecule has 0 heterocycles. The van der Waals surface area contributed by atoms with Gasteiger partial charge in [-0.1, -0.05) is 48.5 Å². The van der Waals surface area contributed by atoms with E-state index in [0.717, 1.165) is 11.1 Å². The Labute approximate surface area is 270 Å². The standard InChI is InChI=1S/C33H46N8O5/c1-4-9-25(42)17-19-41(3)32(46)29(21-23-10-6-5-7-11-23)40-30(44)27(12-8-18-37-33(35)36)39-31(45)28(38-22(2)34)20-24-13-15-26(43)16-14-24/h4-7,9-11,13-16,27-29,43H,8,12,17-21H2,1-3H3,(H2,34,38)(H,39,45)(H,40,44)(H4,35,36,37)/b9-4+/t27-,28+,29+/m1/s1. The van der Waals surface area contributed by atoms with Crippen LogP contribution in [0.2, 0.25) is 0 Å². The van der Waals surface area contributed by atoms with Gasteiger partial charge in [0.1, 0.15) is 23.9 Å². The van der Waals surface area contributed by atoms with Crippen LogP contribution in [0.15, 0.2) is 76.7 Å². The molecule has 0 saturated heterocycles. The number of nitrogens with one attached hydrogen (secondary N) is 2. The van der Waals surface area contributed by atoms with Gasteiger partial charge in [-0.2, -0.15) is 0 Å². The molecule has 0 aromatic heterocycles. The lowest BCUT2D eigenvalue weighted by Crippen LogP contribution is -2.56. The van der Waals surface area contributed by atoms with Gasteiger partial charge in [-0.05, 0) is 56.0 Å². The van der Waals surface area contributed by atoms with E-state index in [4.69, 9.17) is 17.2 Å². The minimum atomic E-state index is -1.06. The number of hydrogen-bond acceptors (Lipinski definition) is 7. The number of nitrogens with zero attached hydrogens (tertiary/aromatic N) is 3. The lowest BCUT2D eigenvalue weighted by Gasteiger charge is -2.27. The number of nitrogens with two attached hydrogens (primary N) is 3. The summed E-state index contributed by atoms with van der Waals surface area (Å²) in [5.41, 5.74) is 18.3. The van der Waals surface area contributed by atoms with Crippen molar-refractivity contribution < 1.29 is 24.3 Å². The summed E-state index contributed by atoms with van der Waals surface area (Å²) in [5, 5.41) is 15.3. The number of hydrogen-bond donors (Lipinski definition) is 6. The molecule has 0 spiro atoms. The predicted molar refractivity (Wildman–Crippen MR) is 179 cm³/mol. The van der Waals surface area contributed by atoms with Crippen molar-refractivity contribution in [3.8, 4) is 5.75 Å². The van der Waals surface area contributed by atoms with E-state index < -0.39 is 29.9 Å². The first kappa shape index (κ1) is 37.0. The number of rotatable bonds is 18. The molecule has 248 valence electrons. The molecule has 0 aliphatic rings. The van der Waals surface area contributed by atoms with E-state index in [9.17, 15) is 24.3 Å². The van der Waals surface area contributed by atoms with Crippen LogP contribution >= 0.6 is 0 Å². The first-order chi connectivity index (χ1) is 21.9. The summed E-state index contributed by atoms with van der Waals surface area (Å²) in [5.74, 6) is -1.48. The van der Waals surface area contributed by atoms with Gasteiger partial charge in [-0.15, -0.1) is 0 Å². The molecule has 13 nitrogen and oxygen atoms in total. The average molecular weight is 635 g/mol. The highest BCUT2D eigenvalue weighted by molar-refractivity contribution is 5.94. The van der Waals surface area contributed by atoms with Gasteiger partial charge in [0.2, 0.25) is 17.7 Å². The van der Waals surface area contributed by atoms with Crippen molar-refractivity contribution in [2.75, 3.05) is 20.1 Å². The number of amides is 3. The highest BCUT2D eigenvalue weighted by Gasteiger charge is 2.30. The number of phenolic OH excluding ortho intramolecular Hbond substituents is 1. The van der Waals surface area contributed by atoms with E-state index in [0.29, 0.717) is 6.42 Å². The van der Waals surface area contributed by atoms with Gasteiger partial charge in [-0.3, -0.25) is 29.2 Å². The molecule has 0 radical (unpaired) electrons. The maximum absolute atomic E-state index is 13.8. The number of carbonyl (C=O) groups is 4. The molecule has 13 heteroatoms. The van der Waals surface area contributed by atoms with Crippen LogP contribution in [0.1, 0.15) is 44.2 Å². The lowest BCUT2D eigenvalue weighted by molar-refractivity contribution is -0.136. The Morgan fingerprint density at radius 2 is 1.54 bits per heavy atom. The van der Waals surface area contributed by atoms with Crippen molar-refractivity contribution in [3.05, 3.63) is 77.9 Å². The molecule has 46 heavy (non-hydrogen) atoms. The van der Waals surface area contributed by atoms with Crippen molar-refractivity contribution in [3.63, 3.8) is 0 Å². The fourth-order valence-corrected chi connectivity index (χ4v) is 4.58. The van der Waals surface area contributed by atoms with Crippen LogP contribution in [-0.4, -0.2) is 83.6 Å². The van der Waals surface area contributed by atoms with Gasteiger partial charge in [-0.25, -0.2) is 0 Å². The van der Waals surface area contributed by atoms with Crippen LogP contribution in [0, 0.1) is 0 Å². The molecule has 0 bridgehead atoms. The van der Waals surface area contributed by atoms with Gasteiger partial charge in [0, 0.05) is 39.4 Å². The topological polar surface area (TPSA) is 219 Å². The third-order valence-corrected chi connectivity index (χ3v) is 6.93. The van der Waals surface area contributed by atoms with Gasteiger partial charge in [0.05, 0.1) is 5.84 Å². The number of carbonyl (C=O) groups excluding carboxylic acids is 4. The molecule has 3 atom stereocenters. The fraction of sp³-hybridized carbons (Fsp3) is 0.394. The van der Waals surface area contributed by atoms with Crippen molar-refractivity contribution >= 4 is 35.3 Å². The summed E-state index contributed by atoms with van der Waals surface area (Å²) < 4.78 is 0. The molecule has 0 aliphatic carbocycles. The molecule has 9 N–H and O–H groups in total. The van der Waals surface area contributed by atoms with Crippen LogP contribution < -0.4 is 27.8 Å². The minimum absolute atomic E-state index is 0.0791. The minimum Gasteiger partial charge on any atom is -0.508 e. The number of likely N-dealkylation sites (N-methyl/N-ethyl adjacent to an activating group) is 1. The van der Waals surface area contributed by atoms with Gasteiger partial charge in [0.25, 0.3) is 0 Å². The highest BCUT2D eigenvalue weighted by Crippen LogP contribution is 2.14. The van der Waals surface area contributed by atoms with Crippen molar-refractivity contribution in [2.45, 2.75) is 64.1 Å². The summed E-state index contributed by atoms with van der Waals surface area (Å²) in [6, 6.07) is 12.5. The van der Waals surface area contributed by atoms with E-state index in [2.05, 4.69) is 20.6 Å². The molecule has 2 rings (SSSR count). The van der Waals surface area contributed by atoms with Crippen LogP contribution in [0.4, 0.5) is 0 Å². The zero-order chi connectivity index (χ0) is 34.1. The van der Waals surface area contributed by atoms with E-state index in [1.165, 1.54) is 23.1 Å². The molecule has 0 unspecified atom stereocenters. The molecule has 3 amide bonds. The summed E-state index contributed by atoms with van der Waals surface area (Å²) >= 11 is 0. The van der Waals surface area contributed by atoms with Crippen molar-refractivity contribution in [2.24, 2.45) is 27.2 Å². The maximum atomic E-state index is 13.8. The molecule has 0 fully saturated rings. The lowest BCUT2D eigenvalue weighted by atomic mass is 10.0. The van der Waals surface area contributed by atoms with Gasteiger partial charge >= 0.3 is 0 Å². The monoisotopic (exact) mass is 634 g/mol. The second-order valence-electron chi connectivity index (χ2n) is 10.9. The van der Waals surface area contributed by atoms with Crippen LogP contribution in [0.5, 0.6) is 5.75 Å². The Morgan fingerprint density at radius 3 is 2.15 bits per heavy atom. The molecule has 0 aliphatic heterocycles. The van der Waals surface area contributed by atoms with E-state index in [1.54, 1.807) is 39.1 Å². The number of guanidine groups is 1. The third kappa shape index (κ3) is 13.6. The number of aromatic hydroxyl groups is 1. The SMILES string of the molecule is C/C=C/C(=O)CCN(C)C(=O)[C@H](Cc1ccccc1)NC(=O)[C@@H](CCCN=C(N)N)NC(=O)[C@H](Cc1ccc(O)cc1)N=C(C)N. The number of amidine groups is 1. The first-order valence-corrected chi connectivity index (χ1v) is 15.1. The Kier molecular flexibility index (Phi) is 15.5. The molecule has 2 aromatic rings. The normalized spacial score (nSPS) is 13.3. The molecule has 0 saturated carbocycles. The Balaban J connectivity index is 2.32. The highest BCUT2D eigenvalue weighted by atomic mass is 16.3. The molecule has 2 aromatic carbocycles. The second kappa shape index (κ2) is 19.2. The van der Waals surface area contributed by atoms with Crippen molar-refractivity contribution in [1.82, 2.24) is 15.5 Å². The zero-order valence-electron chi connectivity index (χ0n) is 26.7. The summed E-state index contributed by atoms with van der Waals surface area (Å²) in [7, 11) is 1.57. The van der Waals surface area contributed by atoms with E-state index >= 15 is 0 Å². The number of allylic oxidation sites excluding steroid dienone is 2. The summed E-state index contributed by atoms with van der Waals surface area (Å²) in [6.45, 7) is 3.67. The third-order valence-electron chi connectivity index (χ3n) is 6.93. The van der Waals surface area contributed by atoms with Crippen molar-refractivity contribution in [1.29, 1.82) is 0 Å². The Hall–Kier alpha value is -5.20. The van der Waals surface area contributed by atoms with E-state index in [-0.39, 0.29) is 68.0 Å². The Morgan fingerprint density at radius 1 is 0.913 bits per heavy atom. The summed E-state index contributed by atoms with van der Waals surface area (Å²) in [6.07, 6.45) is 4.07. The fourth-order valence-electron chi connectivity index (χ4n) is 4.58. The van der Waals surface area contributed by atoms with Crippen LogP contribution in [0.3, 0.4) is 0 Å². The predicted octanol–water partition coefficient (Wildman–Crippen LogP) is 0.940. The quantitative estimate of drug-likeness (QED) is 0.0598. The molecular weight excluding hydrogens is 588 g/mol.